The van der Waals surface area contributed by atoms with E-state index in [2.05, 4.69) is 0 Å². The topological polar surface area (TPSA) is 34.1 Å². The molecule has 0 saturated carbocycles. The van der Waals surface area contributed by atoms with Gasteiger partial charge in [-0.2, -0.15) is 30.7 Å². The van der Waals surface area contributed by atoms with E-state index in [0.717, 1.165) is 0 Å². The third-order valence-corrected chi connectivity index (χ3v) is 2.90. The number of halogens is 7. The molecule has 0 heterocycles. The number of rotatable bonds is 3. The lowest BCUT2D eigenvalue weighted by molar-refractivity contribution is -0.0438. The maximum Gasteiger partial charge on any atom is 0.498 e. The third-order valence-electron chi connectivity index (χ3n) is 1.26. The van der Waals surface area contributed by atoms with Crippen molar-refractivity contribution >= 4 is 9.84 Å². The Labute approximate surface area is 85.0 Å². The van der Waals surface area contributed by atoms with Gasteiger partial charge in [0.15, 0.2) is 0 Å². The van der Waals surface area contributed by atoms with Gasteiger partial charge in [-0.1, -0.05) is 0 Å². The van der Waals surface area contributed by atoms with E-state index in [4.69, 9.17) is 0 Å². The van der Waals surface area contributed by atoms with Crippen molar-refractivity contribution < 1.29 is 39.2 Å². The van der Waals surface area contributed by atoms with Crippen molar-refractivity contribution in [3.8, 4) is 0 Å². The molecule has 0 rings (SSSR count). The lowest BCUT2D eigenvalue weighted by Crippen LogP contribution is -2.32. The summed E-state index contributed by atoms with van der Waals surface area (Å²) in [5, 5.41) is -3.14. The molecule has 2 nitrogen and oxygen atoms in total. The molecule has 0 bridgehead atoms. The van der Waals surface area contributed by atoms with Crippen LogP contribution in [-0.2, 0) is 9.84 Å². The number of hydrogen-bond donors (Lipinski definition) is 0. The first-order valence-electron chi connectivity index (χ1n) is 3.34. The SMILES string of the molecule is O=S(=O)(C(C=C(F)F)C=C(F)F)C(F)(F)F. The molecule has 0 aromatic heterocycles. The molecule has 0 saturated heterocycles. The van der Waals surface area contributed by atoms with Crippen LogP contribution in [0.3, 0.4) is 0 Å². The zero-order valence-electron chi connectivity index (χ0n) is 7.10. The summed E-state index contributed by atoms with van der Waals surface area (Å²) >= 11 is 0. The molecule has 0 spiro atoms. The molecule has 0 aliphatic carbocycles. The van der Waals surface area contributed by atoms with Gasteiger partial charge in [-0.05, 0) is 0 Å². The van der Waals surface area contributed by atoms with Crippen molar-refractivity contribution in [1.29, 1.82) is 0 Å². The average molecular weight is 272 g/mol. The molecule has 0 unspecified atom stereocenters. The van der Waals surface area contributed by atoms with E-state index in [1.807, 2.05) is 0 Å². The summed E-state index contributed by atoms with van der Waals surface area (Å²) in [6.07, 6.45) is -7.06. The van der Waals surface area contributed by atoms with Crippen LogP contribution in [0, 0.1) is 0 Å². The minimum Gasteiger partial charge on any atom is -0.219 e. The van der Waals surface area contributed by atoms with Crippen molar-refractivity contribution in [3.63, 3.8) is 0 Å². The van der Waals surface area contributed by atoms with Crippen LogP contribution in [0.1, 0.15) is 0 Å². The molecule has 0 aromatic rings. The fourth-order valence-corrected chi connectivity index (χ4v) is 1.50. The van der Waals surface area contributed by atoms with E-state index in [-0.39, 0.29) is 0 Å². The second-order valence-corrected chi connectivity index (χ2v) is 4.47. The van der Waals surface area contributed by atoms with Crippen molar-refractivity contribution in [2.24, 2.45) is 0 Å². The molecule has 0 fully saturated rings. The number of sulfone groups is 1. The molecular weight excluding hydrogens is 269 g/mol. The van der Waals surface area contributed by atoms with E-state index in [9.17, 15) is 39.2 Å². The normalized spacial score (nSPS) is 12.5. The van der Waals surface area contributed by atoms with Crippen molar-refractivity contribution in [1.82, 2.24) is 0 Å². The van der Waals surface area contributed by atoms with Gasteiger partial charge in [0.05, 0.1) is 0 Å². The van der Waals surface area contributed by atoms with Gasteiger partial charge in [-0.25, -0.2) is 8.42 Å². The standard InChI is InChI=1S/C6H3F7O2S/c7-4(8)1-3(2-5(9)10)16(14,15)6(11,12)13/h1-3H. The van der Waals surface area contributed by atoms with Crippen LogP contribution in [0.25, 0.3) is 0 Å². The van der Waals surface area contributed by atoms with E-state index < -0.39 is 44.9 Å². The Hall–Kier alpha value is -1.06. The summed E-state index contributed by atoms with van der Waals surface area (Å²) in [5.74, 6) is 0. The first-order chi connectivity index (χ1) is 6.98. The molecule has 94 valence electrons. The highest BCUT2D eigenvalue weighted by Crippen LogP contribution is 2.29. The minimum absolute atomic E-state index is 0.720. The van der Waals surface area contributed by atoms with Gasteiger partial charge >= 0.3 is 5.51 Å². The predicted octanol–water partition coefficient (Wildman–Crippen LogP) is 2.85. The fourth-order valence-electron chi connectivity index (χ4n) is 0.630. The average Bonchev–Trinajstić information content (AvgIpc) is 1.98. The van der Waals surface area contributed by atoms with E-state index in [1.165, 1.54) is 0 Å². The van der Waals surface area contributed by atoms with Gasteiger partial charge < -0.3 is 0 Å². The van der Waals surface area contributed by atoms with Gasteiger partial charge in [-0.3, -0.25) is 0 Å². The highest BCUT2D eigenvalue weighted by molar-refractivity contribution is 7.93. The summed E-state index contributed by atoms with van der Waals surface area (Å²) < 4.78 is 103. The van der Waals surface area contributed by atoms with Gasteiger partial charge in [0, 0.05) is 12.2 Å². The monoisotopic (exact) mass is 272 g/mol. The number of hydrogen-bond acceptors (Lipinski definition) is 2. The molecule has 0 aromatic carbocycles. The molecule has 0 aliphatic heterocycles. The van der Waals surface area contributed by atoms with Crippen LogP contribution in [0.15, 0.2) is 24.3 Å². The summed E-state index contributed by atoms with van der Waals surface area (Å²) in [6, 6.07) is 0. The quantitative estimate of drug-likeness (QED) is 0.740. The molecule has 0 radical (unpaired) electrons. The molecule has 0 atom stereocenters. The van der Waals surface area contributed by atoms with Crippen molar-refractivity contribution in [2.45, 2.75) is 10.8 Å². The van der Waals surface area contributed by atoms with Crippen molar-refractivity contribution in [3.05, 3.63) is 24.3 Å². The molecular formula is C6H3F7O2S. The first-order valence-corrected chi connectivity index (χ1v) is 4.89. The van der Waals surface area contributed by atoms with Crippen LogP contribution in [-0.4, -0.2) is 19.2 Å². The molecule has 0 N–H and O–H groups in total. The summed E-state index contributed by atoms with van der Waals surface area (Å²) in [7, 11) is -6.14. The lowest BCUT2D eigenvalue weighted by Gasteiger charge is -2.11. The zero-order chi connectivity index (χ0) is 13.1. The fraction of sp³-hybridized carbons (Fsp3) is 0.333. The largest absolute Gasteiger partial charge is 0.498 e. The Kier molecular flexibility index (Phi) is 4.53. The number of alkyl halides is 3. The second-order valence-electron chi connectivity index (χ2n) is 2.37. The highest BCUT2D eigenvalue weighted by atomic mass is 32.2. The van der Waals surface area contributed by atoms with E-state index in [1.54, 1.807) is 0 Å². The molecule has 0 aliphatic rings. The third kappa shape index (κ3) is 3.83. The minimum atomic E-state index is -6.14. The van der Waals surface area contributed by atoms with Gasteiger partial charge in [0.1, 0.15) is 5.25 Å². The molecule has 16 heavy (non-hydrogen) atoms. The van der Waals surface area contributed by atoms with Crippen LogP contribution < -0.4 is 0 Å². The van der Waals surface area contributed by atoms with Crippen LogP contribution in [0.5, 0.6) is 0 Å². The summed E-state index contributed by atoms with van der Waals surface area (Å²) in [6.45, 7) is 0. The lowest BCUT2D eigenvalue weighted by atomic mass is 10.4. The van der Waals surface area contributed by atoms with Gasteiger partial charge in [0.25, 0.3) is 22.0 Å². The zero-order valence-corrected chi connectivity index (χ0v) is 7.92. The van der Waals surface area contributed by atoms with Gasteiger partial charge in [0.2, 0.25) is 0 Å². The smallest absolute Gasteiger partial charge is 0.219 e. The van der Waals surface area contributed by atoms with Crippen LogP contribution in [0.4, 0.5) is 30.7 Å². The molecule has 10 heteroatoms. The Morgan fingerprint density at radius 1 is 0.938 bits per heavy atom. The first kappa shape index (κ1) is 14.9. The second kappa shape index (κ2) is 4.85. The Morgan fingerprint density at radius 2 is 1.25 bits per heavy atom. The maximum atomic E-state index is 11.8. The summed E-state index contributed by atoms with van der Waals surface area (Å²) in [4.78, 5) is 0. The summed E-state index contributed by atoms with van der Waals surface area (Å²) in [5.41, 5.74) is -5.89. The Morgan fingerprint density at radius 3 is 1.44 bits per heavy atom. The Balaban J connectivity index is 5.56. The van der Waals surface area contributed by atoms with Crippen LogP contribution in [0.2, 0.25) is 0 Å². The van der Waals surface area contributed by atoms with Gasteiger partial charge in [-0.15, -0.1) is 0 Å². The molecule has 0 amide bonds. The van der Waals surface area contributed by atoms with Crippen LogP contribution >= 0.6 is 0 Å². The maximum absolute atomic E-state index is 11.8. The van der Waals surface area contributed by atoms with E-state index in [0.29, 0.717) is 0 Å². The Bertz CT molecular complexity index is 379. The van der Waals surface area contributed by atoms with Crippen molar-refractivity contribution in [2.75, 3.05) is 0 Å². The predicted molar refractivity (Wildman–Crippen MR) is 39.4 cm³/mol. The highest BCUT2D eigenvalue weighted by Gasteiger charge is 2.49. The van der Waals surface area contributed by atoms with E-state index >= 15 is 0 Å².